The van der Waals surface area contributed by atoms with Gasteiger partial charge in [0.25, 0.3) is 5.91 Å². The first-order valence-corrected chi connectivity index (χ1v) is 14.7. The van der Waals surface area contributed by atoms with Crippen LogP contribution in [0.3, 0.4) is 0 Å². The number of nitrogens with zero attached hydrogens (tertiary/aromatic N) is 8. The van der Waals surface area contributed by atoms with E-state index in [-0.39, 0.29) is 23.9 Å². The highest BCUT2D eigenvalue weighted by atomic mass is 32.1. The number of benzene rings is 2. The van der Waals surface area contributed by atoms with Gasteiger partial charge in [-0.2, -0.15) is 0 Å². The highest BCUT2D eigenvalue weighted by molar-refractivity contribution is 7.21. The summed E-state index contributed by atoms with van der Waals surface area (Å²) >= 11 is 1.54. The molecular formula is C30H31N9O2S. The standard InChI is InChI=1S/C30H31N9O2S/c1-19(2)39-28(34-35-36-39)27(21-7-5-4-6-8-21)37-13-15-38(16-14-37)30(41)25-17-22(11-12-31-25)29-33-24-18-23(32-20(3)40)9-10-26(24)42-29/h4-12,17-19,27H,13-16H2,1-3H3,(H,32,40). The summed E-state index contributed by atoms with van der Waals surface area (Å²) in [6.07, 6.45) is 1.66. The summed E-state index contributed by atoms with van der Waals surface area (Å²) in [6, 6.07) is 19.6. The van der Waals surface area contributed by atoms with E-state index in [2.05, 4.69) is 56.7 Å². The number of pyridine rings is 1. The Balaban J connectivity index is 1.19. The van der Waals surface area contributed by atoms with E-state index in [0.717, 1.165) is 32.2 Å². The van der Waals surface area contributed by atoms with Gasteiger partial charge in [0.1, 0.15) is 10.7 Å². The molecule has 0 bridgehead atoms. The van der Waals surface area contributed by atoms with Crippen molar-refractivity contribution in [1.29, 1.82) is 0 Å². The number of aromatic nitrogens is 6. The number of nitrogens with one attached hydrogen (secondary N) is 1. The maximum Gasteiger partial charge on any atom is 0.272 e. The fourth-order valence-corrected chi connectivity index (χ4v) is 6.21. The molecule has 1 N–H and O–H groups in total. The van der Waals surface area contributed by atoms with E-state index >= 15 is 0 Å². The Morgan fingerprint density at radius 3 is 2.50 bits per heavy atom. The normalized spacial score (nSPS) is 14.8. The largest absolute Gasteiger partial charge is 0.335 e. The highest BCUT2D eigenvalue weighted by Gasteiger charge is 2.32. The first-order chi connectivity index (χ1) is 20.4. The topological polar surface area (TPSA) is 122 Å². The molecule has 1 aliphatic rings. The van der Waals surface area contributed by atoms with Crippen LogP contribution in [-0.2, 0) is 4.79 Å². The van der Waals surface area contributed by atoms with Gasteiger partial charge in [0, 0.05) is 50.6 Å². The quantitative estimate of drug-likeness (QED) is 0.300. The number of carbonyl (C=O) groups is 2. The molecule has 5 aromatic rings. The number of piperazine rings is 1. The van der Waals surface area contributed by atoms with Crippen molar-refractivity contribution in [3.8, 4) is 10.6 Å². The van der Waals surface area contributed by atoms with Gasteiger partial charge in [-0.1, -0.05) is 30.3 Å². The molecule has 1 atom stereocenters. The molecule has 1 unspecified atom stereocenters. The fourth-order valence-electron chi connectivity index (χ4n) is 5.26. The van der Waals surface area contributed by atoms with Crippen LogP contribution in [0.5, 0.6) is 0 Å². The Bertz CT molecular complexity index is 1730. The summed E-state index contributed by atoms with van der Waals surface area (Å²) in [5.74, 6) is 0.563. The van der Waals surface area contributed by atoms with Crippen molar-refractivity contribution in [2.75, 3.05) is 31.5 Å². The number of anilines is 1. The van der Waals surface area contributed by atoms with Gasteiger partial charge < -0.3 is 10.2 Å². The van der Waals surface area contributed by atoms with Crippen LogP contribution < -0.4 is 5.32 Å². The van der Waals surface area contributed by atoms with Crippen molar-refractivity contribution in [3.05, 3.63) is 83.9 Å². The van der Waals surface area contributed by atoms with Gasteiger partial charge in [0.15, 0.2) is 5.82 Å². The molecule has 4 heterocycles. The lowest BCUT2D eigenvalue weighted by Gasteiger charge is -2.39. The molecule has 11 nitrogen and oxygen atoms in total. The van der Waals surface area contributed by atoms with E-state index in [9.17, 15) is 9.59 Å². The van der Waals surface area contributed by atoms with E-state index in [1.54, 1.807) is 6.20 Å². The third-order valence-corrected chi connectivity index (χ3v) is 8.35. The van der Waals surface area contributed by atoms with Crippen LogP contribution in [0.4, 0.5) is 5.69 Å². The highest BCUT2D eigenvalue weighted by Crippen LogP contribution is 2.32. The van der Waals surface area contributed by atoms with Crippen LogP contribution in [0.2, 0.25) is 0 Å². The summed E-state index contributed by atoms with van der Waals surface area (Å²) in [5, 5.41) is 16.2. The molecule has 2 aromatic carbocycles. The molecule has 6 rings (SSSR count). The van der Waals surface area contributed by atoms with Gasteiger partial charge in [-0.05, 0) is 60.2 Å². The molecule has 3 aromatic heterocycles. The molecule has 1 fully saturated rings. The van der Waals surface area contributed by atoms with Crippen LogP contribution >= 0.6 is 11.3 Å². The van der Waals surface area contributed by atoms with Crippen molar-refractivity contribution >= 4 is 39.1 Å². The summed E-state index contributed by atoms with van der Waals surface area (Å²) in [6.45, 7) is 8.07. The lowest BCUT2D eigenvalue weighted by molar-refractivity contribution is -0.114. The molecule has 12 heteroatoms. The number of tetrazole rings is 1. The van der Waals surface area contributed by atoms with Crippen molar-refractivity contribution in [2.45, 2.75) is 32.9 Å². The molecule has 42 heavy (non-hydrogen) atoms. The second-order valence-electron chi connectivity index (χ2n) is 10.5. The lowest BCUT2D eigenvalue weighted by atomic mass is 10.0. The maximum atomic E-state index is 13.6. The minimum absolute atomic E-state index is 0.103. The average Bonchev–Trinajstić information content (AvgIpc) is 3.65. The molecule has 0 saturated carbocycles. The molecule has 1 saturated heterocycles. The van der Waals surface area contributed by atoms with Crippen molar-refractivity contribution in [3.63, 3.8) is 0 Å². The van der Waals surface area contributed by atoms with E-state index in [4.69, 9.17) is 4.98 Å². The third-order valence-electron chi connectivity index (χ3n) is 7.27. The van der Waals surface area contributed by atoms with Crippen LogP contribution in [0.15, 0.2) is 66.9 Å². The SMILES string of the molecule is CC(=O)Nc1ccc2sc(-c3ccnc(C(=O)N4CCN(C(c5ccccc5)c5nnnn5C(C)C)CC4)c3)nc2c1. The van der Waals surface area contributed by atoms with Gasteiger partial charge in [-0.3, -0.25) is 19.5 Å². The van der Waals surface area contributed by atoms with Gasteiger partial charge in [-0.25, -0.2) is 9.67 Å². The summed E-state index contributed by atoms with van der Waals surface area (Å²) in [7, 11) is 0. The van der Waals surface area contributed by atoms with Gasteiger partial charge in [0.05, 0.1) is 22.3 Å². The zero-order chi connectivity index (χ0) is 29.2. The number of carbonyl (C=O) groups excluding carboxylic acids is 2. The zero-order valence-corrected chi connectivity index (χ0v) is 24.5. The van der Waals surface area contributed by atoms with Crippen molar-refractivity contribution in [1.82, 2.24) is 40.0 Å². The fraction of sp³-hybridized carbons (Fsp3) is 0.300. The smallest absolute Gasteiger partial charge is 0.272 e. The van der Waals surface area contributed by atoms with Crippen LogP contribution in [0, 0.1) is 0 Å². The van der Waals surface area contributed by atoms with Crippen LogP contribution in [0.1, 0.15) is 54.7 Å². The number of rotatable bonds is 7. The summed E-state index contributed by atoms with van der Waals surface area (Å²) in [5.41, 5.74) is 3.83. The molecule has 0 radical (unpaired) electrons. The van der Waals surface area contributed by atoms with E-state index in [1.165, 1.54) is 18.3 Å². The van der Waals surface area contributed by atoms with Crippen molar-refractivity contribution in [2.24, 2.45) is 0 Å². The molecule has 0 spiro atoms. The first-order valence-electron chi connectivity index (χ1n) is 13.9. The maximum absolute atomic E-state index is 13.6. The Morgan fingerprint density at radius 2 is 1.76 bits per heavy atom. The number of thiazole rings is 1. The summed E-state index contributed by atoms with van der Waals surface area (Å²) < 4.78 is 2.86. The number of amides is 2. The van der Waals surface area contributed by atoms with E-state index < -0.39 is 0 Å². The predicted octanol–water partition coefficient (Wildman–Crippen LogP) is 4.43. The Kier molecular flexibility index (Phi) is 7.72. The molecular weight excluding hydrogens is 550 g/mol. The second-order valence-corrected chi connectivity index (χ2v) is 11.6. The monoisotopic (exact) mass is 581 g/mol. The predicted molar refractivity (Wildman–Crippen MR) is 161 cm³/mol. The minimum Gasteiger partial charge on any atom is -0.335 e. The van der Waals surface area contributed by atoms with Gasteiger partial charge >= 0.3 is 0 Å². The second kappa shape index (κ2) is 11.7. The average molecular weight is 582 g/mol. The molecule has 0 aliphatic carbocycles. The number of hydrogen-bond donors (Lipinski definition) is 1. The van der Waals surface area contributed by atoms with Crippen LogP contribution in [0.25, 0.3) is 20.8 Å². The number of fused-ring (bicyclic) bond motifs is 1. The Morgan fingerprint density at radius 1 is 0.976 bits per heavy atom. The molecule has 214 valence electrons. The third kappa shape index (κ3) is 5.63. The Hall–Kier alpha value is -4.55. The van der Waals surface area contributed by atoms with E-state index in [0.29, 0.717) is 37.6 Å². The van der Waals surface area contributed by atoms with Gasteiger partial charge in [0.2, 0.25) is 5.91 Å². The Labute approximate surface area is 247 Å². The molecule has 1 aliphatic heterocycles. The van der Waals surface area contributed by atoms with E-state index in [1.807, 2.05) is 58.1 Å². The number of hydrogen-bond acceptors (Lipinski definition) is 9. The minimum atomic E-state index is -0.130. The summed E-state index contributed by atoms with van der Waals surface area (Å²) in [4.78, 5) is 38.4. The van der Waals surface area contributed by atoms with Gasteiger partial charge in [-0.15, -0.1) is 16.4 Å². The zero-order valence-electron chi connectivity index (χ0n) is 23.6. The lowest BCUT2D eigenvalue weighted by Crippen LogP contribution is -2.50. The molecule has 2 amide bonds. The first kappa shape index (κ1) is 27.6. The van der Waals surface area contributed by atoms with Crippen LogP contribution in [-0.4, -0.2) is 78.0 Å². The van der Waals surface area contributed by atoms with Crippen molar-refractivity contribution < 1.29 is 9.59 Å².